The third-order valence-electron chi connectivity index (χ3n) is 4.90. The summed E-state index contributed by atoms with van der Waals surface area (Å²) in [6.07, 6.45) is 2.38. The number of rotatable bonds is 4. The first kappa shape index (κ1) is 15.9. The topological polar surface area (TPSA) is 58.6 Å². The summed E-state index contributed by atoms with van der Waals surface area (Å²) in [4.78, 5) is 16.8. The molecule has 1 aliphatic heterocycles. The Morgan fingerprint density at radius 3 is 2.28 bits per heavy atom. The maximum absolute atomic E-state index is 12.6. The molecule has 1 saturated heterocycles. The zero-order valence-corrected chi connectivity index (χ0v) is 14.4. The van der Waals surface area contributed by atoms with Gasteiger partial charge in [0.25, 0.3) is 5.91 Å². The molecule has 1 aromatic carbocycles. The van der Waals surface area contributed by atoms with Gasteiger partial charge in [0.15, 0.2) is 5.69 Å². The first-order valence-corrected chi connectivity index (χ1v) is 8.76. The van der Waals surface area contributed by atoms with E-state index in [0.29, 0.717) is 24.7 Å². The summed E-state index contributed by atoms with van der Waals surface area (Å²) in [6, 6.07) is 11.8. The Morgan fingerprint density at radius 1 is 1.00 bits per heavy atom. The number of carbonyl (C=O) groups is 1. The molecular weight excluding hydrogens is 316 g/mol. The molecular formula is C19H22N4O2. The molecule has 4 rings (SSSR count). The van der Waals surface area contributed by atoms with Crippen LogP contribution in [-0.4, -0.2) is 54.3 Å². The lowest BCUT2D eigenvalue weighted by Crippen LogP contribution is -2.49. The molecule has 0 spiro atoms. The van der Waals surface area contributed by atoms with Gasteiger partial charge in [-0.1, -0.05) is 0 Å². The molecule has 1 amide bonds. The smallest absolute Gasteiger partial charge is 0.274 e. The van der Waals surface area contributed by atoms with Gasteiger partial charge in [0.1, 0.15) is 5.75 Å². The highest BCUT2D eigenvalue weighted by atomic mass is 16.5. The van der Waals surface area contributed by atoms with Gasteiger partial charge < -0.3 is 14.5 Å². The van der Waals surface area contributed by atoms with Crippen LogP contribution in [0.25, 0.3) is 0 Å². The molecule has 1 aromatic heterocycles. The van der Waals surface area contributed by atoms with Crippen molar-refractivity contribution in [3.05, 3.63) is 47.8 Å². The van der Waals surface area contributed by atoms with Crippen molar-refractivity contribution in [2.75, 3.05) is 38.2 Å². The van der Waals surface area contributed by atoms with Crippen LogP contribution >= 0.6 is 0 Å². The number of hydrogen-bond donors (Lipinski definition) is 0. The van der Waals surface area contributed by atoms with Crippen LogP contribution in [0.5, 0.6) is 5.75 Å². The van der Waals surface area contributed by atoms with E-state index in [-0.39, 0.29) is 5.91 Å². The van der Waals surface area contributed by atoms with Crippen LogP contribution in [0, 0.1) is 0 Å². The molecule has 2 aliphatic rings. The molecule has 2 fully saturated rings. The summed E-state index contributed by atoms with van der Waals surface area (Å²) in [6.45, 7) is 3.01. The second kappa shape index (κ2) is 6.70. The van der Waals surface area contributed by atoms with E-state index in [2.05, 4.69) is 27.2 Å². The Hall–Kier alpha value is -2.63. The quantitative estimate of drug-likeness (QED) is 0.856. The SMILES string of the molecule is COc1ccc(N2CCN(C(=O)c3ccc(C4CC4)nn3)CC2)cc1. The average molecular weight is 338 g/mol. The van der Waals surface area contributed by atoms with Crippen LogP contribution < -0.4 is 9.64 Å². The van der Waals surface area contributed by atoms with Crippen LogP contribution in [0.3, 0.4) is 0 Å². The third-order valence-corrected chi connectivity index (χ3v) is 4.90. The maximum Gasteiger partial charge on any atom is 0.274 e. The van der Waals surface area contributed by atoms with Crippen molar-refractivity contribution in [1.29, 1.82) is 0 Å². The van der Waals surface area contributed by atoms with Gasteiger partial charge in [-0.3, -0.25) is 4.79 Å². The van der Waals surface area contributed by atoms with E-state index >= 15 is 0 Å². The summed E-state index contributed by atoms with van der Waals surface area (Å²) in [5.74, 6) is 1.39. The number of nitrogens with zero attached hydrogens (tertiary/aromatic N) is 4. The van der Waals surface area contributed by atoms with Crippen molar-refractivity contribution >= 4 is 11.6 Å². The number of carbonyl (C=O) groups excluding carboxylic acids is 1. The molecule has 2 heterocycles. The van der Waals surface area contributed by atoms with Crippen molar-refractivity contribution in [3.8, 4) is 5.75 Å². The number of benzene rings is 1. The zero-order chi connectivity index (χ0) is 17.2. The highest BCUT2D eigenvalue weighted by Crippen LogP contribution is 2.38. The summed E-state index contributed by atoms with van der Waals surface area (Å²) in [5.41, 5.74) is 2.62. The Kier molecular flexibility index (Phi) is 4.26. The van der Waals surface area contributed by atoms with Crippen molar-refractivity contribution < 1.29 is 9.53 Å². The standard InChI is InChI=1S/C19H22N4O2/c1-25-16-6-4-15(5-7-16)22-10-12-23(13-11-22)19(24)18-9-8-17(20-21-18)14-2-3-14/h4-9,14H,2-3,10-13H2,1H3. The number of anilines is 1. The Morgan fingerprint density at radius 2 is 1.72 bits per heavy atom. The van der Waals surface area contributed by atoms with Crippen LogP contribution in [0.4, 0.5) is 5.69 Å². The monoisotopic (exact) mass is 338 g/mol. The van der Waals surface area contributed by atoms with Crippen LogP contribution in [-0.2, 0) is 0 Å². The second-order valence-electron chi connectivity index (χ2n) is 6.59. The number of hydrogen-bond acceptors (Lipinski definition) is 5. The van der Waals surface area contributed by atoms with Crippen LogP contribution in [0.15, 0.2) is 36.4 Å². The van der Waals surface area contributed by atoms with Crippen molar-refractivity contribution in [2.45, 2.75) is 18.8 Å². The molecule has 0 unspecified atom stereocenters. The number of piperazine rings is 1. The fourth-order valence-electron chi connectivity index (χ4n) is 3.18. The van der Waals surface area contributed by atoms with E-state index < -0.39 is 0 Å². The molecule has 1 aliphatic carbocycles. The minimum absolute atomic E-state index is 0.0239. The fraction of sp³-hybridized carbons (Fsp3) is 0.421. The van der Waals surface area contributed by atoms with Gasteiger partial charge in [-0.25, -0.2) is 0 Å². The number of methoxy groups -OCH3 is 1. The van der Waals surface area contributed by atoms with Gasteiger partial charge >= 0.3 is 0 Å². The second-order valence-corrected chi connectivity index (χ2v) is 6.59. The minimum atomic E-state index is -0.0239. The molecule has 6 nitrogen and oxygen atoms in total. The zero-order valence-electron chi connectivity index (χ0n) is 14.4. The van der Waals surface area contributed by atoms with Crippen LogP contribution in [0.2, 0.25) is 0 Å². The number of ether oxygens (including phenoxy) is 1. The first-order chi connectivity index (χ1) is 12.2. The summed E-state index contributed by atoms with van der Waals surface area (Å²) >= 11 is 0. The molecule has 0 bridgehead atoms. The molecule has 1 saturated carbocycles. The highest BCUT2D eigenvalue weighted by Gasteiger charge is 2.27. The molecule has 6 heteroatoms. The largest absolute Gasteiger partial charge is 0.497 e. The van der Waals surface area contributed by atoms with Gasteiger partial charge in [-0.15, -0.1) is 5.10 Å². The molecule has 2 aromatic rings. The molecule has 130 valence electrons. The van der Waals surface area contributed by atoms with Gasteiger partial charge in [-0.2, -0.15) is 5.10 Å². The lowest BCUT2D eigenvalue weighted by molar-refractivity contribution is 0.0739. The molecule has 0 atom stereocenters. The van der Waals surface area contributed by atoms with E-state index in [9.17, 15) is 4.79 Å². The van der Waals surface area contributed by atoms with Gasteiger partial charge in [0.05, 0.1) is 12.8 Å². The van der Waals surface area contributed by atoms with E-state index in [1.165, 1.54) is 12.8 Å². The van der Waals surface area contributed by atoms with Gasteiger partial charge in [-0.05, 0) is 49.2 Å². The van der Waals surface area contributed by atoms with E-state index in [1.54, 1.807) is 7.11 Å². The summed E-state index contributed by atoms with van der Waals surface area (Å²) < 4.78 is 5.20. The van der Waals surface area contributed by atoms with Crippen molar-refractivity contribution in [1.82, 2.24) is 15.1 Å². The number of aromatic nitrogens is 2. The Labute approximate surface area is 147 Å². The van der Waals surface area contributed by atoms with Crippen molar-refractivity contribution in [2.24, 2.45) is 0 Å². The average Bonchev–Trinajstić information content (AvgIpc) is 3.53. The molecule has 25 heavy (non-hydrogen) atoms. The fourth-order valence-corrected chi connectivity index (χ4v) is 3.18. The third kappa shape index (κ3) is 3.43. The predicted molar refractivity (Wildman–Crippen MR) is 95.1 cm³/mol. The Bertz CT molecular complexity index is 733. The Balaban J connectivity index is 1.36. The maximum atomic E-state index is 12.6. The van der Waals surface area contributed by atoms with Gasteiger partial charge in [0, 0.05) is 37.8 Å². The highest BCUT2D eigenvalue weighted by molar-refractivity contribution is 5.92. The van der Waals surface area contributed by atoms with E-state index in [4.69, 9.17) is 4.74 Å². The number of amides is 1. The molecule has 0 radical (unpaired) electrons. The minimum Gasteiger partial charge on any atom is -0.497 e. The lowest BCUT2D eigenvalue weighted by Gasteiger charge is -2.36. The lowest BCUT2D eigenvalue weighted by atomic mass is 10.2. The van der Waals surface area contributed by atoms with E-state index in [1.807, 2.05) is 29.2 Å². The van der Waals surface area contributed by atoms with Crippen LogP contribution in [0.1, 0.15) is 34.9 Å². The normalized spacial score (nSPS) is 17.5. The van der Waals surface area contributed by atoms with E-state index in [0.717, 1.165) is 30.2 Å². The predicted octanol–water partition coefficient (Wildman–Crippen LogP) is 2.33. The van der Waals surface area contributed by atoms with Gasteiger partial charge in [0.2, 0.25) is 0 Å². The first-order valence-electron chi connectivity index (χ1n) is 8.76. The van der Waals surface area contributed by atoms with Crippen molar-refractivity contribution in [3.63, 3.8) is 0 Å². The summed E-state index contributed by atoms with van der Waals surface area (Å²) in [7, 11) is 1.67. The summed E-state index contributed by atoms with van der Waals surface area (Å²) in [5, 5.41) is 8.36. The molecule has 0 N–H and O–H groups in total.